The fraction of sp³-hybridized carbons (Fsp3) is 0.0476. The minimum Gasteiger partial charge on any atom is -0.455 e. The van der Waals surface area contributed by atoms with Gasteiger partial charge in [-0.05, 0) is 86.4 Å². The van der Waals surface area contributed by atoms with Gasteiger partial charge in [-0.15, -0.1) is 0 Å². The molecule has 1 aliphatic heterocycles. The van der Waals surface area contributed by atoms with E-state index in [9.17, 15) is 0 Å². The Labute approximate surface area is 406 Å². The Balaban J connectivity index is 1.26. The third-order valence-electron chi connectivity index (χ3n) is 12.9. The van der Waals surface area contributed by atoms with Crippen LogP contribution in [0.1, 0.15) is 11.1 Å². The van der Waals surface area contributed by atoms with Gasteiger partial charge < -0.3 is 4.74 Å². The summed E-state index contributed by atoms with van der Waals surface area (Å²) in [5.74, 6) is 2.02. The molecule has 0 saturated carbocycles. The lowest BCUT2D eigenvalue weighted by molar-refractivity contribution is 0.428. The number of benzene rings is 10. The van der Waals surface area contributed by atoms with Gasteiger partial charge in [-0.1, -0.05) is 279 Å². The van der Waals surface area contributed by atoms with E-state index in [-0.39, 0.29) is 0 Å². The Morgan fingerprint density at radius 2 is 0.485 bits per heavy atom. The molecule has 11 rings (SSSR count). The molecule has 5 heteroatoms. The van der Waals surface area contributed by atoms with Crippen LogP contribution >= 0.6 is 31.7 Å². The minimum atomic E-state index is -1.03. The first-order valence-electron chi connectivity index (χ1n) is 23.3. The molecule has 0 amide bonds. The molecule has 0 bridgehead atoms. The molecule has 1 heterocycles. The van der Waals surface area contributed by atoms with Crippen LogP contribution in [0.4, 0.5) is 0 Å². The minimum absolute atomic E-state index is 0.507. The van der Waals surface area contributed by atoms with Crippen LogP contribution in [0.25, 0.3) is 0 Å². The van der Waals surface area contributed by atoms with E-state index < -0.39 is 37.1 Å². The summed E-state index contributed by atoms with van der Waals surface area (Å²) < 4.78 is 7.98. The van der Waals surface area contributed by atoms with Crippen molar-refractivity contribution in [2.45, 2.75) is 5.41 Å². The summed E-state index contributed by atoms with van der Waals surface area (Å²) in [5, 5.41) is 13.2. The summed E-state index contributed by atoms with van der Waals surface area (Å²) in [6.45, 7) is 0. The second-order valence-corrected chi connectivity index (χ2v) is 25.8. The van der Waals surface area contributed by atoms with Crippen molar-refractivity contribution < 1.29 is 4.74 Å². The first kappa shape index (κ1) is 44.2. The van der Waals surface area contributed by atoms with Crippen molar-refractivity contribution in [2.24, 2.45) is 0 Å². The SMILES string of the molecule is c1ccc(P(CC2(CP(c3ccccc3)c3ccccc3)c3cccc(P(c4ccccc4)c4ccccc4)c3Oc3c(P(c4ccccc4)c4ccccc4)cccc32)c2ccccc2)cc1. The number of rotatable bonds is 14. The normalized spacial score (nSPS) is 12.7. The highest BCUT2D eigenvalue weighted by Crippen LogP contribution is 2.59. The first-order chi connectivity index (χ1) is 33.7. The van der Waals surface area contributed by atoms with Gasteiger partial charge in [-0.2, -0.15) is 0 Å². The van der Waals surface area contributed by atoms with Crippen molar-refractivity contribution >= 4 is 84.7 Å². The summed E-state index contributed by atoms with van der Waals surface area (Å²) in [5.41, 5.74) is 2.05. The van der Waals surface area contributed by atoms with Crippen molar-refractivity contribution in [1.82, 2.24) is 0 Å². The molecule has 0 aliphatic carbocycles. The zero-order valence-electron chi connectivity index (χ0n) is 37.7. The van der Waals surface area contributed by atoms with E-state index in [1.807, 2.05) is 0 Å². The molecular formula is C63H50OP4. The van der Waals surface area contributed by atoms with Crippen LogP contribution in [0.5, 0.6) is 11.5 Å². The highest BCUT2D eigenvalue weighted by atomic mass is 31.1. The number of fused-ring (bicyclic) bond motifs is 2. The van der Waals surface area contributed by atoms with E-state index in [0.29, 0.717) is 0 Å². The highest BCUT2D eigenvalue weighted by molar-refractivity contribution is 7.80. The van der Waals surface area contributed by atoms with E-state index >= 15 is 0 Å². The second kappa shape index (κ2) is 20.5. The molecular weight excluding hydrogens is 897 g/mol. The predicted octanol–water partition coefficient (Wildman–Crippen LogP) is 11.9. The summed E-state index contributed by atoms with van der Waals surface area (Å²) in [6.07, 6.45) is 1.79. The van der Waals surface area contributed by atoms with Gasteiger partial charge in [0, 0.05) is 27.2 Å². The molecule has 0 unspecified atom stereocenters. The molecule has 0 fully saturated rings. The summed E-state index contributed by atoms with van der Waals surface area (Å²) in [4.78, 5) is 0. The Bertz CT molecular complexity index is 2820. The molecule has 0 saturated heterocycles. The summed E-state index contributed by atoms with van der Waals surface area (Å²) in [7, 11) is -3.86. The molecule has 0 aromatic heterocycles. The molecule has 10 aromatic carbocycles. The summed E-state index contributed by atoms with van der Waals surface area (Å²) >= 11 is 0. The van der Waals surface area contributed by atoms with Gasteiger partial charge in [0.05, 0.1) is 0 Å². The van der Waals surface area contributed by atoms with Crippen LogP contribution in [0, 0.1) is 0 Å². The molecule has 1 aliphatic rings. The van der Waals surface area contributed by atoms with Crippen LogP contribution in [0.3, 0.4) is 0 Å². The van der Waals surface area contributed by atoms with Crippen molar-refractivity contribution in [3.8, 4) is 11.5 Å². The molecule has 0 N–H and O–H groups in total. The Morgan fingerprint density at radius 1 is 0.250 bits per heavy atom. The van der Waals surface area contributed by atoms with Gasteiger partial charge in [-0.25, -0.2) is 0 Å². The van der Waals surface area contributed by atoms with Gasteiger partial charge >= 0.3 is 0 Å². The predicted molar refractivity (Wildman–Crippen MR) is 299 cm³/mol. The summed E-state index contributed by atoms with van der Waals surface area (Å²) in [6, 6.07) is 104. The fourth-order valence-electron chi connectivity index (χ4n) is 9.81. The number of ether oxygens (including phenoxy) is 1. The third-order valence-corrected chi connectivity index (χ3v) is 23.2. The van der Waals surface area contributed by atoms with Crippen molar-refractivity contribution in [1.29, 1.82) is 0 Å². The quantitative estimate of drug-likeness (QED) is 0.0987. The van der Waals surface area contributed by atoms with Gasteiger partial charge in [0.2, 0.25) is 0 Å². The molecule has 0 atom stereocenters. The first-order valence-corrected chi connectivity index (χ1v) is 29.0. The topological polar surface area (TPSA) is 9.23 Å². The maximum Gasteiger partial charge on any atom is 0.139 e. The van der Waals surface area contributed by atoms with E-state index in [1.165, 1.54) is 64.2 Å². The Kier molecular flexibility index (Phi) is 13.4. The lowest BCUT2D eigenvalue weighted by Crippen LogP contribution is -2.43. The number of hydrogen-bond donors (Lipinski definition) is 0. The average molecular weight is 947 g/mol. The molecule has 68 heavy (non-hydrogen) atoms. The highest BCUT2D eigenvalue weighted by Gasteiger charge is 2.48. The van der Waals surface area contributed by atoms with E-state index in [1.54, 1.807) is 0 Å². The van der Waals surface area contributed by atoms with Crippen LogP contribution in [0.15, 0.2) is 279 Å². The second-order valence-electron chi connectivity index (χ2n) is 17.0. The van der Waals surface area contributed by atoms with E-state index in [0.717, 1.165) is 23.8 Å². The monoisotopic (exact) mass is 946 g/mol. The largest absolute Gasteiger partial charge is 0.455 e. The standard InChI is InChI=1S/C63H50OP4/c1-9-27-49(28-10-1)65(50-29-11-2-12-30-50)47-63(48-66(51-31-13-3-14-32-51)52-33-15-4-16-34-52)57-43-25-45-59(67(53-35-17-5-18-36-53)54-37-19-6-20-38-54)61(57)64-62-58(63)44-26-46-60(62)68(55-39-21-7-22-40-55)56-41-23-8-24-42-56/h1-46H,47-48H2. The molecule has 328 valence electrons. The van der Waals surface area contributed by atoms with Crippen LogP contribution in [-0.2, 0) is 5.41 Å². The third kappa shape index (κ3) is 8.95. The Morgan fingerprint density at radius 3 is 0.735 bits per heavy atom. The number of para-hydroxylation sites is 2. The zero-order chi connectivity index (χ0) is 45.5. The maximum atomic E-state index is 7.98. The molecule has 0 radical (unpaired) electrons. The van der Waals surface area contributed by atoms with Crippen molar-refractivity contribution in [3.05, 3.63) is 290 Å². The van der Waals surface area contributed by atoms with E-state index in [4.69, 9.17) is 4.74 Å². The van der Waals surface area contributed by atoms with Gasteiger partial charge in [0.1, 0.15) is 11.5 Å². The molecule has 1 nitrogen and oxygen atoms in total. The van der Waals surface area contributed by atoms with Crippen LogP contribution in [-0.4, -0.2) is 12.3 Å². The smallest absolute Gasteiger partial charge is 0.139 e. The van der Waals surface area contributed by atoms with E-state index in [2.05, 4.69) is 279 Å². The lowest BCUT2D eigenvalue weighted by Gasteiger charge is -2.46. The van der Waals surface area contributed by atoms with Crippen molar-refractivity contribution in [2.75, 3.05) is 12.3 Å². The van der Waals surface area contributed by atoms with Crippen molar-refractivity contribution in [3.63, 3.8) is 0 Å². The Hall–Kier alpha value is -6.28. The zero-order valence-corrected chi connectivity index (χ0v) is 41.2. The van der Waals surface area contributed by atoms with Crippen LogP contribution < -0.4 is 57.8 Å². The molecule has 10 aromatic rings. The average Bonchev–Trinajstić information content (AvgIpc) is 3.42. The van der Waals surface area contributed by atoms with Gasteiger partial charge in [0.25, 0.3) is 0 Å². The molecule has 0 spiro atoms. The maximum absolute atomic E-state index is 7.98. The fourth-order valence-corrected chi connectivity index (χ4v) is 20.2. The van der Waals surface area contributed by atoms with Gasteiger partial charge in [0.15, 0.2) is 0 Å². The van der Waals surface area contributed by atoms with Crippen LogP contribution in [0.2, 0.25) is 0 Å². The number of hydrogen-bond acceptors (Lipinski definition) is 1. The lowest BCUT2D eigenvalue weighted by atomic mass is 9.75. The van der Waals surface area contributed by atoms with Gasteiger partial charge in [-0.3, -0.25) is 0 Å².